The molecule has 5 aliphatic rings. The molecule has 8 aromatic rings. The van der Waals surface area contributed by atoms with Gasteiger partial charge in [0.1, 0.15) is 24.3 Å². The lowest BCUT2D eigenvalue weighted by Gasteiger charge is -2.32. The molecule has 5 aliphatic heterocycles. The number of nitrogens with zero attached hydrogens (tertiary/aromatic N) is 3. The van der Waals surface area contributed by atoms with Crippen molar-refractivity contribution in [2.45, 2.75) is 34.0 Å². The Morgan fingerprint density at radius 3 is 1.75 bits per heavy atom. The van der Waals surface area contributed by atoms with Crippen LogP contribution in [0.4, 0.5) is 11.4 Å². The molecule has 0 aliphatic carbocycles. The summed E-state index contributed by atoms with van der Waals surface area (Å²) < 4.78 is 13.2. The molecule has 0 atom stereocenters. The number of benzene rings is 8. The van der Waals surface area contributed by atoms with Crippen LogP contribution in [0.1, 0.15) is 83.6 Å². The number of phenols is 1. The number of aromatic carboxylic acids is 2. The summed E-state index contributed by atoms with van der Waals surface area (Å²) in [6.07, 6.45) is 0. The van der Waals surface area contributed by atoms with Crippen molar-refractivity contribution < 1.29 is 53.9 Å². The smallest absolute Gasteiger partial charge is 0.348 e. The summed E-state index contributed by atoms with van der Waals surface area (Å²) >= 11 is 24.8. The van der Waals surface area contributed by atoms with E-state index in [1.54, 1.807) is 12.1 Å². The zero-order valence-electron chi connectivity index (χ0n) is 42.3. The number of fused-ring (bicyclic) bond motifs is 12. The molecule has 0 amide bonds. The van der Waals surface area contributed by atoms with Crippen LogP contribution in [0.3, 0.4) is 0 Å². The van der Waals surface area contributed by atoms with Gasteiger partial charge >= 0.3 is 17.9 Å². The molecule has 0 aromatic heterocycles. The largest absolute Gasteiger partial charge is 0.545 e. The second-order valence-electron chi connectivity index (χ2n) is 19.0. The predicted octanol–water partition coefficient (Wildman–Crippen LogP) is 11.4. The molecule has 0 radical (unpaired) electrons. The summed E-state index contributed by atoms with van der Waals surface area (Å²) in [6, 6.07) is 43.0. The van der Waals surface area contributed by atoms with E-state index in [4.69, 9.17) is 66.1 Å². The van der Waals surface area contributed by atoms with Crippen LogP contribution in [0.5, 0.6) is 17.2 Å². The third kappa shape index (κ3) is 10.2. The van der Waals surface area contributed by atoms with E-state index in [0.717, 1.165) is 82.4 Å². The standard InChI is InChI=1S/C36H24Cl2N2O3.C14H13NO.C9H2Cl2O5.C2H4O2.CH4/c1-39-17-19-7-3-5-9-21(19)23-13-25-31(15-29(23)39)43-32-16-30-24(22-10-6-4-8-20(22)18-40(30)2)14-26(32)33(25)34-27(37)11-12-28(38)35(34)36(41)42;1-15-9-10-4-2-3-5-12(10)13-7-6-11(16)8-14(13)15;10-3-1-2(7(12)13)6(11)5-4(3)8(14)16-9(5)15;1-2(3)4;/h3-16H,17-18H2,1-2H3;2-8,16H,9H2,1H3;1H,(H,12,13);1H3,(H,3,4);1H4. The third-order valence-electron chi connectivity index (χ3n) is 13.9. The van der Waals surface area contributed by atoms with Crippen molar-refractivity contribution in [1.29, 1.82) is 0 Å². The van der Waals surface area contributed by atoms with E-state index in [1.807, 2.05) is 55.6 Å². The highest BCUT2D eigenvalue weighted by Crippen LogP contribution is 2.49. The summed E-state index contributed by atoms with van der Waals surface area (Å²) in [5.74, 6) is -3.93. The van der Waals surface area contributed by atoms with E-state index in [2.05, 4.69) is 93.9 Å². The highest BCUT2D eigenvalue weighted by Gasteiger charge is 2.37. The van der Waals surface area contributed by atoms with Crippen LogP contribution in [-0.4, -0.2) is 66.3 Å². The Kier molecular flexibility index (Phi) is 15.6. The number of rotatable bonds is 3. The minimum Gasteiger partial charge on any atom is -0.545 e. The lowest BCUT2D eigenvalue weighted by atomic mass is 9.84. The number of carbonyl (C=O) groups excluding carboxylic acids is 3. The number of cyclic esters (lactones) is 2. The zero-order chi connectivity index (χ0) is 56.3. The molecule has 0 spiro atoms. The third-order valence-corrected chi connectivity index (χ3v) is 15.2. The molecule has 14 nitrogen and oxygen atoms in total. The lowest BCUT2D eigenvalue weighted by molar-refractivity contribution is -0.255. The predicted molar refractivity (Wildman–Crippen MR) is 307 cm³/mol. The van der Waals surface area contributed by atoms with Gasteiger partial charge in [0.25, 0.3) is 5.97 Å². The minimum absolute atomic E-state index is 0. The molecule has 0 saturated heterocycles. The van der Waals surface area contributed by atoms with Crippen LogP contribution < -0.4 is 34.8 Å². The SMILES string of the molecule is C.CC(=O)O.CN1Cc2ccccc2-c2cc3c(cc21)Oc1cc2c(cc1=C3c1c(Cl)ccc(Cl)c1C(=O)[O-])-c1ccccc1C[N+]=2C.CN1Cc2ccccc2-c2ccc(O)cc21.O=C(O)c1cc(Cl)c2c(c1Cl)C(=O)OC2=O. The van der Waals surface area contributed by atoms with Gasteiger partial charge in [-0.1, -0.05) is 127 Å². The van der Waals surface area contributed by atoms with Gasteiger partial charge in [-0.3, -0.25) is 4.79 Å². The van der Waals surface area contributed by atoms with Gasteiger partial charge in [0, 0.05) is 107 Å². The maximum absolute atomic E-state index is 12.6. The number of aromatic hydroxyl groups is 1. The molecule has 8 aromatic carbocycles. The molecule has 0 unspecified atom stereocenters. The Balaban J connectivity index is 0.000000171. The molecular weight excluding hydrogens is 1100 g/mol. The van der Waals surface area contributed by atoms with Crippen LogP contribution in [0, 0.1) is 0 Å². The van der Waals surface area contributed by atoms with Crippen LogP contribution in [-0.2, 0) is 29.2 Å². The number of phenolic OH excluding ortho intramolecular Hbond substituents is 1. The highest BCUT2D eigenvalue weighted by molar-refractivity contribution is 6.42. The van der Waals surface area contributed by atoms with Crippen molar-refractivity contribution in [1.82, 2.24) is 4.58 Å². The van der Waals surface area contributed by atoms with Gasteiger partial charge in [-0.15, -0.1) is 0 Å². The first-order chi connectivity index (χ1) is 37.7. The highest BCUT2D eigenvalue weighted by atomic mass is 35.5. The molecule has 0 fully saturated rings. The normalized spacial score (nSPS) is 13.2. The van der Waals surface area contributed by atoms with Crippen LogP contribution in [0.25, 0.3) is 39.0 Å². The van der Waals surface area contributed by atoms with Crippen LogP contribution in [0.15, 0.2) is 133 Å². The van der Waals surface area contributed by atoms with E-state index < -0.39 is 29.8 Å². The fourth-order valence-corrected chi connectivity index (χ4v) is 11.6. The van der Waals surface area contributed by atoms with Crippen LogP contribution >= 0.6 is 46.4 Å². The van der Waals surface area contributed by atoms with Crippen LogP contribution in [0.2, 0.25) is 20.1 Å². The van der Waals surface area contributed by atoms with Gasteiger partial charge in [-0.2, -0.15) is 0 Å². The van der Waals surface area contributed by atoms with Gasteiger partial charge < -0.3 is 44.5 Å². The van der Waals surface area contributed by atoms with E-state index >= 15 is 0 Å². The number of halogens is 4. The van der Waals surface area contributed by atoms with Gasteiger partial charge in [0.05, 0.1) is 49.4 Å². The molecule has 13 rings (SSSR count). The van der Waals surface area contributed by atoms with E-state index in [-0.39, 0.29) is 49.8 Å². The maximum Gasteiger partial charge on any atom is 0.348 e. The van der Waals surface area contributed by atoms with Crippen molar-refractivity contribution in [3.63, 3.8) is 0 Å². The minimum atomic E-state index is -1.39. The zero-order valence-corrected chi connectivity index (χ0v) is 45.3. The fourth-order valence-electron chi connectivity index (χ4n) is 10.5. The van der Waals surface area contributed by atoms with E-state index in [9.17, 15) is 29.4 Å². The number of esters is 2. The number of aliphatic carboxylic acids is 1. The Bertz CT molecular complexity index is 4120. The Labute approximate surface area is 478 Å². The van der Waals surface area contributed by atoms with Crippen molar-refractivity contribution >= 4 is 93.2 Å². The first kappa shape index (κ1) is 56.1. The molecule has 80 heavy (non-hydrogen) atoms. The number of carboxylic acids is 3. The topological polar surface area (TPSA) is 197 Å². The van der Waals surface area contributed by atoms with Crippen molar-refractivity contribution in [2.75, 3.05) is 30.9 Å². The van der Waals surface area contributed by atoms with E-state index in [0.29, 0.717) is 28.4 Å². The molecule has 404 valence electrons. The molecular formula is C62H47Cl4N3O11. The maximum atomic E-state index is 12.6. The van der Waals surface area contributed by atoms with Crippen molar-refractivity contribution in [3.05, 3.63) is 214 Å². The quantitative estimate of drug-likeness (QED) is 0.0859. The second kappa shape index (κ2) is 22.2. The van der Waals surface area contributed by atoms with Gasteiger partial charge in [-0.05, 0) is 70.3 Å². The van der Waals surface area contributed by atoms with Gasteiger partial charge in [0.15, 0.2) is 6.54 Å². The van der Waals surface area contributed by atoms with Crippen molar-refractivity contribution in [3.8, 4) is 50.6 Å². The van der Waals surface area contributed by atoms with E-state index in [1.165, 1.54) is 33.9 Å². The Morgan fingerprint density at radius 2 is 1.14 bits per heavy atom. The first-order valence-corrected chi connectivity index (χ1v) is 25.8. The van der Waals surface area contributed by atoms with Crippen molar-refractivity contribution in [2.24, 2.45) is 0 Å². The first-order valence-electron chi connectivity index (χ1n) is 24.3. The molecule has 0 saturated carbocycles. The summed E-state index contributed by atoms with van der Waals surface area (Å²) in [5, 5.41) is 39.9. The Hall–Kier alpha value is -8.66. The number of hydrogen-bond donors (Lipinski definition) is 3. The summed E-state index contributed by atoms with van der Waals surface area (Å²) in [5.41, 5.74) is 13.4. The summed E-state index contributed by atoms with van der Waals surface area (Å²) in [4.78, 5) is 59.2. The number of carbonyl (C=O) groups is 5. The Morgan fingerprint density at radius 1 is 0.588 bits per heavy atom. The fraction of sp³-hybridized carbons (Fsp3) is 0.129. The summed E-state index contributed by atoms with van der Waals surface area (Å²) in [7, 11) is 6.18. The molecule has 3 N–H and O–H groups in total. The lowest BCUT2D eigenvalue weighted by Crippen LogP contribution is -2.34. The number of anilines is 2. The second-order valence-corrected chi connectivity index (χ2v) is 20.6. The molecule has 0 bridgehead atoms. The molecule has 5 heterocycles. The molecule has 18 heteroatoms. The number of hydrogen-bond acceptors (Lipinski definition) is 11. The number of carboxylic acid groups (broad SMARTS) is 3. The van der Waals surface area contributed by atoms with Gasteiger partial charge in [-0.25, -0.2) is 19.0 Å². The van der Waals surface area contributed by atoms with Gasteiger partial charge in [0.2, 0.25) is 5.36 Å². The monoisotopic (exact) mass is 1150 g/mol. The average Bonchev–Trinajstić information content (AvgIpc) is 3.90. The number of ether oxygens (including phenoxy) is 2. The average molecular weight is 1150 g/mol. The summed E-state index contributed by atoms with van der Waals surface area (Å²) in [6.45, 7) is 3.51.